The molecule has 106 valence electrons. The molecule has 5 nitrogen and oxygen atoms in total. The average Bonchev–Trinajstić information content (AvgIpc) is 2.88. The Balaban J connectivity index is 2.06. The summed E-state index contributed by atoms with van der Waals surface area (Å²) in [6, 6.07) is 4.85. The number of hydrogen-bond donors (Lipinski definition) is 2. The van der Waals surface area contributed by atoms with Crippen molar-refractivity contribution < 1.29 is 19.4 Å². The minimum Gasteiger partial charge on any atom is -0.497 e. The normalized spacial score (nSPS) is 20.7. The molecule has 1 amide bonds. The van der Waals surface area contributed by atoms with E-state index in [0.29, 0.717) is 22.2 Å². The molecule has 2 unspecified atom stereocenters. The summed E-state index contributed by atoms with van der Waals surface area (Å²) in [7, 11) is 1.53. The smallest absolute Gasteiger partial charge is 0.310 e. The van der Waals surface area contributed by atoms with Crippen molar-refractivity contribution in [2.24, 2.45) is 5.92 Å². The lowest BCUT2D eigenvalue weighted by Gasteiger charge is -2.13. The number of amides is 1. The first-order chi connectivity index (χ1) is 9.51. The Hall–Kier alpha value is -1.82. The van der Waals surface area contributed by atoms with Gasteiger partial charge >= 0.3 is 5.97 Å². The zero-order valence-electron chi connectivity index (χ0n) is 10.8. The van der Waals surface area contributed by atoms with E-state index in [1.54, 1.807) is 30.4 Å². The highest BCUT2D eigenvalue weighted by atomic mass is 79.9. The predicted octanol–water partition coefficient (Wildman–Crippen LogP) is 2.22. The highest BCUT2D eigenvalue weighted by Gasteiger charge is 2.26. The number of carboxylic acids is 1. The molecule has 1 aliphatic rings. The molecule has 0 aromatic heterocycles. The SMILES string of the molecule is COc1ccc(Br)c(C(=O)NC2C=CC(C(=O)O)C2)c1. The van der Waals surface area contributed by atoms with E-state index in [1.807, 2.05) is 0 Å². The zero-order valence-corrected chi connectivity index (χ0v) is 12.4. The Kier molecular flexibility index (Phi) is 4.44. The van der Waals surface area contributed by atoms with E-state index in [9.17, 15) is 9.59 Å². The minimum atomic E-state index is -0.874. The van der Waals surface area contributed by atoms with Gasteiger partial charge in [-0.15, -0.1) is 0 Å². The molecule has 0 fully saturated rings. The lowest BCUT2D eigenvalue weighted by molar-refractivity contribution is -0.140. The van der Waals surface area contributed by atoms with Crippen molar-refractivity contribution in [2.45, 2.75) is 12.5 Å². The number of rotatable bonds is 4. The average molecular weight is 340 g/mol. The van der Waals surface area contributed by atoms with Gasteiger partial charge in [-0.1, -0.05) is 12.2 Å². The summed E-state index contributed by atoms with van der Waals surface area (Å²) in [5, 5.41) is 11.7. The number of nitrogens with one attached hydrogen (secondary N) is 1. The highest BCUT2D eigenvalue weighted by molar-refractivity contribution is 9.10. The van der Waals surface area contributed by atoms with E-state index in [-0.39, 0.29) is 11.9 Å². The van der Waals surface area contributed by atoms with Crippen molar-refractivity contribution in [2.75, 3.05) is 7.11 Å². The number of ether oxygens (including phenoxy) is 1. The lowest BCUT2D eigenvalue weighted by atomic mass is 10.1. The summed E-state index contributed by atoms with van der Waals surface area (Å²) in [5.41, 5.74) is 0.455. The zero-order chi connectivity index (χ0) is 14.7. The number of benzene rings is 1. The maximum absolute atomic E-state index is 12.2. The third-order valence-electron chi connectivity index (χ3n) is 3.14. The Morgan fingerprint density at radius 1 is 1.40 bits per heavy atom. The van der Waals surface area contributed by atoms with Gasteiger partial charge in [0, 0.05) is 10.5 Å². The highest BCUT2D eigenvalue weighted by Crippen LogP contribution is 2.24. The van der Waals surface area contributed by atoms with E-state index in [2.05, 4.69) is 21.2 Å². The van der Waals surface area contributed by atoms with Gasteiger partial charge in [0.2, 0.25) is 0 Å². The van der Waals surface area contributed by atoms with E-state index in [0.717, 1.165) is 0 Å². The second kappa shape index (κ2) is 6.09. The van der Waals surface area contributed by atoms with Crippen LogP contribution in [0.4, 0.5) is 0 Å². The molecule has 0 saturated carbocycles. The first kappa shape index (κ1) is 14.6. The fraction of sp³-hybridized carbons (Fsp3) is 0.286. The summed E-state index contributed by atoms with van der Waals surface area (Å²) in [6.07, 6.45) is 3.70. The molecule has 0 radical (unpaired) electrons. The molecule has 0 aliphatic heterocycles. The van der Waals surface area contributed by atoms with Crippen LogP contribution in [0.3, 0.4) is 0 Å². The van der Waals surface area contributed by atoms with Gasteiger partial charge in [0.05, 0.1) is 18.6 Å². The largest absolute Gasteiger partial charge is 0.497 e. The van der Waals surface area contributed by atoms with Gasteiger partial charge < -0.3 is 15.2 Å². The van der Waals surface area contributed by atoms with Crippen molar-refractivity contribution in [3.05, 3.63) is 40.4 Å². The molecule has 2 rings (SSSR count). The standard InChI is InChI=1S/C14H14BrNO4/c1-20-10-4-5-12(15)11(7-10)13(17)16-9-3-2-8(6-9)14(18)19/h2-5,7-9H,6H2,1H3,(H,16,17)(H,18,19). The summed E-state index contributed by atoms with van der Waals surface area (Å²) in [5.74, 6) is -1.09. The number of aliphatic carboxylic acids is 1. The van der Waals surface area contributed by atoms with Gasteiger partial charge in [0.1, 0.15) is 5.75 Å². The number of carbonyl (C=O) groups excluding carboxylic acids is 1. The molecule has 0 spiro atoms. The summed E-state index contributed by atoms with van der Waals surface area (Å²) in [6.45, 7) is 0. The molecule has 1 aromatic carbocycles. The summed E-state index contributed by atoms with van der Waals surface area (Å²) in [4.78, 5) is 23.0. The van der Waals surface area contributed by atoms with Gasteiger partial charge in [-0.3, -0.25) is 9.59 Å². The molecule has 20 heavy (non-hydrogen) atoms. The van der Waals surface area contributed by atoms with Crippen molar-refractivity contribution in [3.63, 3.8) is 0 Å². The molecule has 2 atom stereocenters. The number of halogens is 1. The van der Waals surface area contributed by atoms with Crippen molar-refractivity contribution >= 4 is 27.8 Å². The second-order valence-corrected chi connectivity index (χ2v) is 5.35. The quantitative estimate of drug-likeness (QED) is 0.824. The minimum absolute atomic E-state index is 0.262. The van der Waals surface area contributed by atoms with Crippen LogP contribution in [-0.4, -0.2) is 30.1 Å². The van der Waals surface area contributed by atoms with Crippen molar-refractivity contribution in [1.29, 1.82) is 0 Å². The van der Waals surface area contributed by atoms with Crippen molar-refractivity contribution in [1.82, 2.24) is 5.32 Å². The van der Waals surface area contributed by atoms with Gasteiger partial charge in [-0.2, -0.15) is 0 Å². The molecule has 6 heteroatoms. The Morgan fingerprint density at radius 2 is 2.15 bits per heavy atom. The maximum atomic E-state index is 12.2. The Labute approximate surface area is 124 Å². The fourth-order valence-electron chi connectivity index (χ4n) is 2.04. The van der Waals surface area contributed by atoms with E-state index >= 15 is 0 Å². The molecular formula is C14H14BrNO4. The lowest BCUT2D eigenvalue weighted by Crippen LogP contribution is -2.33. The Bertz CT molecular complexity index is 570. The molecule has 0 heterocycles. The van der Waals surface area contributed by atoms with Crippen LogP contribution in [-0.2, 0) is 4.79 Å². The second-order valence-electron chi connectivity index (χ2n) is 4.49. The van der Waals surface area contributed by atoms with E-state index in [4.69, 9.17) is 9.84 Å². The molecular weight excluding hydrogens is 326 g/mol. The molecule has 0 bridgehead atoms. The van der Waals surface area contributed by atoms with Gasteiger partial charge in [-0.05, 0) is 40.5 Å². The summed E-state index contributed by atoms with van der Waals surface area (Å²) >= 11 is 3.32. The third-order valence-corrected chi connectivity index (χ3v) is 3.83. The van der Waals surface area contributed by atoms with E-state index in [1.165, 1.54) is 7.11 Å². The molecule has 2 N–H and O–H groups in total. The Morgan fingerprint density at radius 3 is 2.75 bits per heavy atom. The van der Waals surface area contributed by atoms with Gasteiger partial charge in [-0.25, -0.2) is 0 Å². The van der Waals surface area contributed by atoms with Gasteiger partial charge in [0.15, 0.2) is 0 Å². The summed E-state index contributed by atoms with van der Waals surface area (Å²) < 4.78 is 5.75. The molecule has 1 aliphatic carbocycles. The first-order valence-electron chi connectivity index (χ1n) is 6.07. The van der Waals surface area contributed by atoms with Crippen molar-refractivity contribution in [3.8, 4) is 5.75 Å². The number of methoxy groups -OCH3 is 1. The first-order valence-corrected chi connectivity index (χ1v) is 6.86. The monoisotopic (exact) mass is 339 g/mol. The molecule has 1 aromatic rings. The fourth-order valence-corrected chi connectivity index (χ4v) is 2.47. The van der Waals surface area contributed by atoms with Crippen LogP contribution in [0.25, 0.3) is 0 Å². The topological polar surface area (TPSA) is 75.6 Å². The van der Waals surface area contributed by atoms with E-state index < -0.39 is 11.9 Å². The number of carbonyl (C=O) groups is 2. The third kappa shape index (κ3) is 3.19. The van der Waals surface area contributed by atoms with Crippen LogP contribution < -0.4 is 10.1 Å². The van der Waals surface area contributed by atoms with Crippen LogP contribution >= 0.6 is 15.9 Å². The van der Waals surface area contributed by atoms with Crippen LogP contribution in [0.5, 0.6) is 5.75 Å². The predicted molar refractivity (Wildman–Crippen MR) is 76.8 cm³/mol. The number of carboxylic acid groups (broad SMARTS) is 1. The van der Waals surface area contributed by atoms with Crippen LogP contribution in [0.15, 0.2) is 34.8 Å². The van der Waals surface area contributed by atoms with Crippen LogP contribution in [0, 0.1) is 5.92 Å². The molecule has 0 saturated heterocycles. The maximum Gasteiger partial charge on any atom is 0.310 e. The van der Waals surface area contributed by atoms with Gasteiger partial charge in [0.25, 0.3) is 5.91 Å². The van der Waals surface area contributed by atoms with Crippen LogP contribution in [0.2, 0.25) is 0 Å². The number of hydrogen-bond acceptors (Lipinski definition) is 3. The van der Waals surface area contributed by atoms with Crippen LogP contribution in [0.1, 0.15) is 16.8 Å².